The second kappa shape index (κ2) is 40.5. The normalized spacial score (nSPS) is 25.7. The summed E-state index contributed by atoms with van der Waals surface area (Å²) < 4.78 is 44.4. The van der Waals surface area contributed by atoms with Crippen molar-refractivity contribution < 1.29 is 138 Å². The molecule has 2 fully saturated rings. The van der Waals surface area contributed by atoms with Gasteiger partial charge in [-0.15, -0.1) is 4.91 Å². The lowest BCUT2D eigenvalue weighted by Crippen LogP contribution is -2.66. The molecular formula is C87H97Cl2N11O29. The Morgan fingerprint density at radius 1 is 0.574 bits per heavy atom. The van der Waals surface area contributed by atoms with Crippen molar-refractivity contribution in [3.63, 3.8) is 0 Å². The van der Waals surface area contributed by atoms with Gasteiger partial charge in [-0.2, -0.15) is 0 Å². The molecular weight excluding hydrogens is 1730 g/mol. The molecule has 20 N–H and O–H groups in total. The summed E-state index contributed by atoms with van der Waals surface area (Å²) in [5.41, 5.74) is -3.16. The van der Waals surface area contributed by atoms with Gasteiger partial charge in [0.1, 0.15) is 125 Å². The number of nitrogens with one attached hydrogen (secondary N) is 8. The van der Waals surface area contributed by atoms with Crippen LogP contribution in [-0.4, -0.2) is 239 Å². The van der Waals surface area contributed by atoms with Crippen LogP contribution in [0.5, 0.6) is 69.0 Å². The second-order valence-corrected chi connectivity index (χ2v) is 33.5. The molecule has 15 rings (SSSR count). The van der Waals surface area contributed by atoms with Crippen LogP contribution in [0, 0.1) is 10.8 Å². The molecule has 0 unspecified atom stereocenters. The van der Waals surface area contributed by atoms with Gasteiger partial charge in [0.2, 0.25) is 65.6 Å². The number of nitrogens with zero attached hydrogens (tertiary/aromatic N) is 3. The van der Waals surface area contributed by atoms with Gasteiger partial charge in [-0.1, -0.05) is 99.5 Å². The quantitative estimate of drug-likeness (QED) is 0.0257. The van der Waals surface area contributed by atoms with Crippen molar-refractivity contribution in [2.75, 3.05) is 40.8 Å². The third-order valence-corrected chi connectivity index (χ3v) is 23.4. The summed E-state index contributed by atoms with van der Waals surface area (Å²) in [5, 5.41) is 162. The lowest BCUT2D eigenvalue weighted by atomic mass is 9.89. The summed E-state index contributed by atoms with van der Waals surface area (Å²) in [7, 11) is 4.64. The maximum absolute atomic E-state index is 16.8. The van der Waals surface area contributed by atoms with Crippen LogP contribution in [-0.2, 0) is 59.0 Å². The van der Waals surface area contributed by atoms with Gasteiger partial charge in [-0.25, -0.2) is 9.80 Å². The van der Waals surface area contributed by atoms with Crippen molar-refractivity contribution in [1.82, 2.24) is 52.4 Å². The van der Waals surface area contributed by atoms with Crippen molar-refractivity contribution in [2.24, 2.45) is 11.2 Å². The van der Waals surface area contributed by atoms with Crippen molar-refractivity contribution in [3.8, 4) is 80.1 Å². The average Bonchev–Trinajstić information content (AvgIpc) is 0.755. The number of phenolic OH excluding ortho intramolecular Hbond substituents is 4. The number of aliphatic hydroxyl groups excluding tert-OH is 7. The number of carbonyl (C=O) groups is 9. The smallest absolute Gasteiger partial charge is 0.335 e. The number of halogens is 2. The number of likely N-dealkylation sites (N-methyl/N-ethyl adjacent to an activating group) is 1. The Kier molecular flexibility index (Phi) is 29.5. The molecule has 7 aromatic rings. The SMILES string of the molecule is CC(C)CCCCCCCC(=O)N[C@H]1[C@H](Oc2c3cc4cc2Oc2ccc(cc2Cl)[C@@H](O)[C@@H]2NC(=O)[C@H](NC(=O)[C@@H]4NC(=O)[C@H]4NC(=O)[C@@H](Cc5ccc(cc5)O3)NC(=O)[C@H](N(C)N=O)c3ccc(O)c(c3)Oc3cc(O)c(Cl)c4c3)c3ccc(O)c(c3)-c3c(O[C@H]4O[C@H](CO)[C@@H](O)[C@H](O)[C@@H]4O)cc(O)cc3[C@@H](C(=O)NCCCN(C)C)NC2=O)O[C@H](C(=O)O)[C@@H](O)[C@@H]1O. The molecule has 42 heteroatoms. The molecule has 0 saturated carbocycles. The zero-order chi connectivity index (χ0) is 92.8. The Morgan fingerprint density at radius 2 is 1.22 bits per heavy atom. The number of aromatic hydroxyl groups is 4. The van der Waals surface area contributed by atoms with Gasteiger partial charge < -0.3 is 142 Å². The van der Waals surface area contributed by atoms with Crippen LogP contribution < -0.4 is 66.2 Å². The van der Waals surface area contributed by atoms with Crippen molar-refractivity contribution in [1.29, 1.82) is 0 Å². The number of aliphatic hydroxyl groups is 7. The molecule has 7 aromatic carbocycles. The van der Waals surface area contributed by atoms with Gasteiger partial charge in [0.25, 0.3) is 0 Å². The fourth-order valence-corrected chi connectivity index (χ4v) is 16.3. The average molecular weight is 1830 g/mol. The minimum absolute atomic E-state index is 0.0534. The Bertz CT molecular complexity index is 5420. The van der Waals surface area contributed by atoms with Crippen LogP contribution in [0.25, 0.3) is 11.1 Å². The first-order valence-corrected chi connectivity index (χ1v) is 42.1. The minimum Gasteiger partial charge on any atom is -0.508 e. The standard InChI is InChI=1S/C87H97Cl2N11O29/c1-37(2)12-9-7-6-8-10-13-60(106)92-68-72(109)74(111)77(85(120)121)129-86(68)128-76-57-30-42-31-58(76)125-54-23-18-41(28-49(54)88)70(107)67-83(118)96-65(79(114)90-24-11-25-99(3)4)47-32-43(102)33-56(126-87-75(112)73(110)71(108)59(36-101)127-87)61(47)46-27-39(16-21-51(46)103)63(80(115)97-67)93-81(116)64(42)94-82(117)66-48-34-45(35-53(105)62(48)89)124-55-29-40(17-22-52(55)104)69(100(5)98-122)84(119)91-50(78(113)95-66)26-38-14-19-44(123-57)20-15-38/h14-23,27-35,37,50,59,63-75,77,86-87,101-105,107-112H,6-13,24-26,36H2,1-5H3,(H,90,114)(H,91,119)(H,92,106)(H,93,116)(H,94,117)(H,95,113)(H,96,118)(H,97,115)(H,120,121)/t50-,59-,63-,64-,65+,66+,67+,68-,69-,70-,71-,72-,73+,74+,75+,77+,86-,87+/m1/s1. The van der Waals surface area contributed by atoms with Gasteiger partial charge in [0, 0.05) is 55.3 Å². The highest BCUT2D eigenvalue weighted by Crippen LogP contribution is 2.51. The number of aliphatic carboxylic acids is 1. The molecule has 0 spiro atoms. The number of unbranched alkanes of at least 4 members (excludes halogenated alkanes) is 4. The summed E-state index contributed by atoms with van der Waals surface area (Å²) in [6.45, 7) is 3.51. The fourth-order valence-electron chi connectivity index (χ4n) is 15.9. The number of hydrogen-bond acceptors (Lipinski definition) is 30. The van der Waals surface area contributed by atoms with E-state index >= 15 is 28.8 Å². The molecule has 8 aliphatic rings. The third kappa shape index (κ3) is 21.1. The summed E-state index contributed by atoms with van der Waals surface area (Å²) in [6, 6.07) is 4.04. The van der Waals surface area contributed by atoms with E-state index in [9.17, 15) is 80.6 Å². The summed E-state index contributed by atoms with van der Waals surface area (Å²) in [6.07, 6.45) is -17.3. The van der Waals surface area contributed by atoms with E-state index in [1.54, 1.807) is 19.0 Å². The van der Waals surface area contributed by atoms with E-state index in [-0.39, 0.29) is 41.8 Å². The van der Waals surface area contributed by atoms with Crippen LogP contribution >= 0.6 is 23.2 Å². The van der Waals surface area contributed by atoms with E-state index in [0.717, 1.165) is 118 Å². The number of nitroso groups, excluding NO2 is 1. The maximum Gasteiger partial charge on any atom is 0.335 e. The highest BCUT2D eigenvalue weighted by Gasteiger charge is 2.52. The third-order valence-electron chi connectivity index (χ3n) is 22.7. The molecule has 0 aliphatic carbocycles. The predicted molar refractivity (Wildman–Crippen MR) is 452 cm³/mol. The van der Waals surface area contributed by atoms with Gasteiger partial charge in [-0.3, -0.25) is 38.4 Å². The van der Waals surface area contributed by atoms with Crippen molar-refractivity contribution >= 4 is 76.4 Å². The van der Waals surface area contributed by atoms with Gasteiger partial charge in [0.05, 0.1) is 21.9 Å². The van der Waals surface area contributed by atoms with E-state index in [1.807, 2.05) is 0 Å². The zero-order valence-electron chi connectivity index (χ0n) is 69.8. The van der Waals surface area contributed by atoms with E-state index < -0.39 is 283 Å². The first kappa shape index (κ1) is 94.2. The number of carboxylic acids is 1. The van der Waals surface area contributed by atoms with Crippen LogP contribution in [0.4, 0.5) is 0 Å². The summed E-state index contributed by atoms with van der Waals surface area (Å²) in [4.78, 5) is 153. The van der Waals surface area contributed by atoms with Gasteiger partial charge in [0.15, 0.2) is 35.1 Å². The number of phenols is 4. The molecule has 129 heavy (non-hydrogen) atoms. The van der Waals surface area contributed by atoms with Crippen LogP contribution in [0.15, 0.2) is 121 Å². The number of fused-ring (bicyclic) bond motifs is 14. The van der Waals surface area contributed by atoms with Crippen LogP contribution in [0.1, 0.15) is 140 Å². The topological polar surface area (TPSA) is 593 Å². The number of carbonyl (C=O) groups excluding carboxylic acids is 8. The molecule has 8 heterocycles. The number of benzene rings is 7. The fraction of sp³-hybridized carbons (Fsp3) is 0.414. The molecule has 17 bridgehead atoms. The number of amides is 8. The molecule has 0 radical (unpaired) electrons. The van der Waals surface area contributed by atoms with E-state index in [0.29, 0.717) is 30.3 Å². The Labute approximate surface area is 745 Å². The molecule has 18 atom stereocenters. The Morgan fingerprint density at radius 3 is 1.92 bits per heavy atom. The van der Waals surface area contributed by atoms with Gasteiger partial charge >= 0.3 is 5.97 Å². The number of carboxylic acid groups (broad SMARTS) is 1. The number of ether oxygens (including phenoxy) is 7. The van der Waals surface area contributed by atoms with Crippen molar-refractivity contribution in [3.05, 3.63) is 169 Å². The summed E-state index contributed by atoms with van der Waals surface area (Å²) in [5.74, 6) is -18.6. The predicted octanol–water partition coefficient (Wildman–Crippen LogP) is 4.17. The lowest BCUT2D eigenvalue weighted by Gasteiger charge is -2.41. The zero-order valence-corrected chi connectivity index (χ0v) is 71.3. The largest absolute Gasteiger partial charge is 0.508 e. The Balaban J connectivity index is 1.05. The second-order valence-electron chi connectivity index (χ2n) is 32.7. The molecule has 8 aliphatic heterocycles. The minimum atomic E-state index is -2.49. The van der Waals surface area contributed by atoms with E-state index in [4.69, 9.17) is 56.4 Å². The monoisotopic (exact) mass is 1830 g/mol. The molecule has 40 nitrogen and oxygen atoms in total. The lowest BCUT2D eigenvalue weighted by molar-refractivity contribution is -0.277. The highest BCUT2D eigenvalue weighted by atomic mass is 35.5. The molecule has 8 amide bonds. The van der Waals surface area contributed by atoms with E-state index in [2.05, 4.69) is 61.7 Å². The maximum atomic E-state index is 16.8. The first-order valence-electron chi connectivity index (χ1n) is 41.3. The Hall–Kier alpha value is -12.5. The van der Waals surface area contributed by atoms with Gasteiger partial charge in [-0.05, 0) is 146 Å². The number of rotatable bonds is 22. The van der Waals surface area contributed by atoms with Crippen LogP contribution in [0.3, 0.4) is 0 Å². The van der Waals surface area contributed by atoms with Crippen LogP contribution in [0.2, 0.25) is 10.0 Å². The first-order chi connectivity index (χ1) is 61.5. The number of hydrogen-bond donors (Lipinski definition) is 20. The van der Waals surface area contributed by atoms with Crippen molar-refractivity contribution in [2.45, 2.75) is 181 Å². The molecule has 0 aromatic heterocycles. The summed E-state index contributed by atoms with van der Waals surface area (Å²) >= 11 is 14.3. The molecule has 688 valence electrons. The highest BCUT2D eigenvalue weighted by molar-refractivity contribution is 6.33. The van der Waals surface area contributed by atoms with E-state index in [1.165, 1.54) is 30.3 Å². The molecule has 2 saturated heterocycles.